The Morgan fingerprint density at radius 3 is 2.43 bits per heavy atom. The average Bonchev–Trinajstić information content (AvgIpc) is 3.73. The minimum absolute atomic E-state index is 0.00730. The summed E-state index contributed by atoms with van der Waals surface area (Å²) >= 11 is 6.39. The molecule has 0 radical (unpaired) electrons. The zero-order valence-electron chi connectivity index (χ0n) is 20.5. The van der Waals surface area contributed by atoms with E-state index in [1.165, 1.54) is 10.9 Å². The highest BCUT2D eigenvalue weighted by Crippen LogP contribution is 2.40. The van der Waals surface area contributed by atoms with Gasteiger partial charge in [0, 0.05) is 24.3 Å². The molecule has 3 fully saturated rings. The number of nitrogens with zero attached hydrogens (tertiary/aromatic N) is 3. The number of hydrogen-bond donors (Lipinski definition) is 1. The van der Waals surface area contributed by atoms with Crippen molar-refractivity contribution in [2.24, 2.45) is 0 Å². The Labute approximate surface area is 220 Å². The molecule has 1 atom stereocenters. The number of sulfone groups is 1. The molecule has 0 unspecified atom stereocenters. The molecule has 12 heteroatoms. The van der Waals surface area contributed by atoms with E-state index in [0.717, 1.165) is 44.2 Å². The molecule has 9 nitrogen and oxygen atoms in total. The van der Waals surface area contributed by atoms with Crippen LogP contribution in [0.4, 0.5) is 15.8 Å². The first-order valence-corrected chi connectivity index (χ1v) is 14.8. The minimum Gasteiger partial charge on any atom is -0.463 e. The number of anilines is 2. The lowest BCUT2D eigenvalue weighted by Crippen LogP contribution is -2.42. The van der Waals surface area contributed by atoms with Crippen LogP contribution < -0.4 is 20.5 Å². The first-order chi connectivity index (χ1) is 17.9. The van der Waals surface area contributed by atoms with Gasteiger partial charge in [0.25, 0.3) is 5.56 Å². The predicted octanol–water partition coefficient (Wildman–Crippen LogP) is 3.58. The van der Waals surface area contributed by atoms with E-state index in [-0.39, 0.29) is 42.1 Å². The number of hydrogen-bond acceptors (Lipinski definition) is 8. The van der Waals surface area contributed by atoms with E-state index in [2.05, 4.69) is 15.3 Å². The van der Waals surface area contributed by atoms with Gasteiger partial charge in [0.15, 0.2) is 9.84 Å². The van der Waals surface area contributed by atoms with Crippen LogP contribution in [0, 0.1) is 0 Å². The highest BCUT2D eigenvalue weighted by Gasteiger charge is 2.37. The van der Waals surface area contributed by atoms with Gasteiger partial charge >= 0.3 is 0 Å². The molecule has 2 aromatic rings. The molecule has 2 saturated carbocycles. The number of aromatic nitrogens is 2. The van der Waals surface area contributed by atoms with Crippen LogP contribution in [0.3, 0.4) is 0 Å². The fourth-order valence-corrected chi connectivity index (χ4v) is 6.86. The van der Waals surface area contributed by atoms with Gasteiger partial charge in [-0.2, -0.15) is 5.10 Å². The lowest BCUT2D eigenvalue weighted by atomic mass is 9.89. The van der Waals surface area contributed by atoms with E-state index in [9.17, 15) is 17.6 Å². The second-order valence-electron chi connectivity index (χ2n) is 9.91. The summed E-state index contributed by atoms with van der Waals surface area (Å²) in [6.45, 7) is -0.411. The highest BCUT2D eigenvalue weighted by atomic mass is 35.5. The summed E-state index contributed by atoms with van der Waals surface area (Å²) in [5.41, 5.74) is 1.06. The Kier molecular flexibility index (Phi) is 7.92. The quantitative estimate of drug-likeness (QED) is 0.502. The Morgan fingerprint density at radius 1 is 1.14 bits per heavy atom. The first kappa shape index (κ1) is 26.2. The fourth-order valence-electron chi connectivity index (χ4n) is 5.33. The van der Waals surface area contributed by atoms with Gasteiger partial charge in [0.05, 0.1) is 36.9 Å². The third-order valence-corrected chi connectivity index (χ3v) is 9.91. The molecular formula is C25H32ClFN4O5S. The third-order valence-electron chi connectivity index (χ3n) is 7.49. The van der Waals surface area contributed by atoms with Crippen molar-refractivity contribution >= 4 is 32.8 Å². The monoisotopic (exact) mass is 554 g/mol. The summed E-state index contributed by atoms with van der Waals surface area (Å²) in [7, 11) is -3.24. The molecular weight excluding hydrogens is 523 g/mol. The number of alkyl halides is 1. The summed E-state index contributed by atoms with van der Waals surface area (Å²) in [6.07, 6.45) is 7.23. The molecule has 1 N–H and O–H groups in total. The van der Waals surface area contributed by atoms with Crippen molar-refractivity contribution in [3.63, 3.8) is 0 Å². The maximum absolute atomic E-state index is 13.0. The van der Waals surface area contributed by atoms with Gasteiger partial charge in [-0.15, -0.1) is 0 Å². The van der Waals surface area contributed by atoms with E-state index < -0.39 is 21.9 Å². The van der Waals surface area contributed by atoms with Crippen LogP contribution in [-0.2, 0) is 14.6 Å². The van der Waals surface area contributed by atoms with Crippen molar-refractivity contribution in [3.8, 4) is 5.75 Å². The highest BCUT2D eigenvalue weighted by molar-refractivity contribution is 7.92. The van der Waals surface area contributed by atoms with Gasteiger partial charge in [-0.1, -0.05) is 11.6 Å². The van der Waals surface area contributed by atoms with Crippen molar-refractivity contribution < 1.29 is 22.3 Å². The van der Waals surface area contributed by atoms with Crippen molar-refractivity contribution in [2.75, 3.05) is 42.6 Å². The normalized spacial score (nSPS) is 25.4. The number of halogens is 2. The summed E-state index contributed by atoms with van der Waals surface area (Å²) < 4.78 is 48.6. The molecule has 1 saturated heterocycles. The Hall–Kier alpha value is -2.37. The fraction of sp³-hybridized carbons (Fsp3) is 0.600. The van der Waals surface area contributed by atoms with Crippen molar-refractivity contribution in [2.45, 2.75) is 61.9 Å². The van der Waals surface area contributed by atoms with Crippen LogP contribution in [0.25, 0.3) is 0 Å². The molecule has 37 heavy (non-hydrogen) atoms. The van der Waals surface area contributed by atoms with E-state index in [1.54, 1.807) is 12.1 Å². The molecule has 0 spiro atoms. The van der Waals surface area contributed by atoms with Crippen molar-refractivity contribution in [1.82, 2.24) is 9.78 Å². The largest absolute Gasteiger partial charge is 0.463 e. The van der Waals surface area contributed by atoms with Crippen molar-refractivity contribution in [1.29, 1.82) is 0 Å². The summed E-state index contributed by atoms with van der Waals surface area (Å²) in [4.78, 5) is 15.5. The lowest BCUT2D eigenvalue weighted by Gasteiger charge is -2.39. The molecule has 202 valence electrons. The van der Waals surface area contributed by atoms with Gasteiger partial charge in [-0.25, -0.2) is 17.5 Å². The van der Waals surface area contributed by atoms with Crippen LogP contribution in [0.1, 0.15) is 44.6 Å². The van der Waals surface area contributed by atoms with E-state index in [1.807, 2.05) is 12.1 Å². The SMILES string of the molecule is O=c1c(Cl)c(NC[C@H]2COCCS2(=O)=O)cnn1C1CCC(N(c2ccc(OCF)cc2)C2CC2)CC1. The summed E-state index contributed by atoms with van der Waals surface area (Å²) in [5.74, 6) is 0.506. The van der Waals surface area contributed by atoms with E-state index >= 15 is 0 Å². The predicted molar refractivity (Wildman–Crippen MR) is 140 cm³/mol. The van der Waals surface area contributed by atoms with Gasteiger partial charge in [-0.3, -0.25) is 4.79 Å². The van der Waals surface area contributed by atoms with E-state index in [4.69, 9.17) is 21.1 Å². The number of benzene rings is 1. The Balaban J connectivity index is 1.22. The topological polar surface area (TPSA) is 103 Å². The molecule has 5 rings (SSSR count). The maximum Gasteiger partial charge on any atom is 0.287 e. The molecule has 1 aromatic heterocycles. The zero-order chi connectivity index (χ0) is 26.0. The van der Waals surface area contributed by atoms with Gasteiger partial charge < -0.3 is 19.7 Å². The minimum atomic E-state index is -3.24. The van der Waals surface area contributed by atoms with Crippen LogP contribution in [0.2, 0.25) is 5.02 Å². The molecule has 1 aromatic carbocycles. The molecule has 3 aliphatic rings. The Morgan fingerprint density at radius 2 is 1.81 bits per heavy atom. The van der Waals surface area contributed by atoms with Crippen LogP contribution in [0.15, 0.2) is 35.3 Å². The van der Waals surface area contributed by atoms with Gasteiger partial charge in [-0.05, 0) is 62.8 Å². The number of rotatable bonds is 9. The van der Waals surface area contributed by atoms with E-state index in [0.29, 0.717) is 23.5 Å². The Bertz CT molecular complexity index is 1250. The number of ether oxygens (including phenoxy) is 2. The van der Waals surface area contributed by atoms with Gasteiger partial charge in [0.1, 0.15) is 16.0 Å². The molecule has 0 bridgehead atoms. The van der Waals surface area contributed by atoms with Crippen LogP contribution in [-0.4, -0.2) is 67.9 Å². The zero-order valence-corrected chi connectivity index (χ0v) is 22.1. The second-order valence-corrected chi connectivity index (χ2v) is 12.7. The molecule has 0 amide bonds. The second kappa shape index (κ2) is 11.2. The maximum atomic E-state index is 13.0. The van der Waals surface area contributed by atoms with Crippen LogP contribution in [0.5, 0.6) is 5.75 Å². The third kappa shape index (κ3) is 5.88. The lowest BCUT2D eigenvalue weighted by molar-refractivity contribution is 0.140. The summed E-state index contributed by atoms with van der Waals surface area (Å²) in [6, 6.07) is 8.37. The molecule has 1 aliphatic heterocycles. The average molecular weight is 555 g/mol. The van der Waals surface area contributed by atoms with Crippen molar-refractivity contribution in [3.05, 3.63) is 45.8 Å². The standard InChI is InChI=1S/C25H32ClFN4O5S/c26-24-23(28-13-22-15-35-11-12-37(22,33)34)14-29-31(25(24)32)20-5-3-18(4-6-20)30(17-1-2-17)19-7-9-21(10-8-19)36-16-27/h7-10,14,17-18,20,22,28H,1-6,11-13,15-16H2/t18?,20?,22-/m0/s1. The summed E-state index contributed by atoms with van der Waals surface area (Å²) in [5, 5.41) is 6.69. The number of nitrogens with one attached hydrogen (secondary N) is 1. The first-order valence-electron chi connectivity index (χ1n) is 12.7. The molecule has 2 heterocycles. The van der Waals surface area contributed by atoms with Crippen LogP contribution >= 0.6 is 11.6 Å². The van der Waals surface area contributed by atoms with Gasteiger partial charge in [0.2, 0.25) is 6.86 Å². The smallest absolute Gasteiger partial charge is 0.287 e. The molecule has 2 aliphatic carbocycles.